The van der Waals surface area contributed by atoms with Gasteiger partial charge in [0, 0.05) is 43.4 Å². The van der Waals surface area contributed by atoms with E-state index in [-0.39, 0.29) is 11.5 Å². The van der Waals surface area contributed by atoms with Crippen LogP contribution in [0.2, 0.25) is 0 Å². The van der Waals surface area contributed by atoms with Crippen molar-refractivity contribution in [3.8, 4) is 23.1 Å². The minimum atomic E-state index is -0.581. The van der Waals surface area contributed by atoms with E-state index < -0.39 is 5.82 Å². The van der Waals surface area contributed by atoms with Crippen LogP contribution in [0.25, 0.3) is 17.3 Å². The summed E-state index contributed by atoms with van der Waals surface area (Å²) in [6, 6.07) is 16.6. The summed E-state index contributed by atoms with van der Waals surface area (Å²) in [6.07, 6.45) is 5.03. The molecule has 0 saturated carbocycles. The summed E-state index contributed by atoms with van der Waals surface area (Å²) in [5.74, 6) is 0.416. The van der Waals surface area contributed by atoms with Gasteiger partial charge in [0.1, 0.15) is 23.5 Å². The van der Waals surface area contributed by atoms with Gasteiger partial charge in [0.15, 0.2) is 0 Å². The lowest BCUT2D eigenvalue weighted by atomic mass is 10.0. The number of benzene rings is 2. The molecule has 7 nitrogen and oxygen atoms in total. The Kier molecular flexibility index (Phi) is 9.10. The zero-order valence-corrected chi connectivity index (χ0v) is 22.8. The van der Waals surface area contributed by atoms with Gasteiger partial charge in [-0.1, -0.05) is 30.3 Å². The van der Waals surface area contributed by atoms with Gasteiger partial charge in [-0.3, -0.25) is 0 Å². The minimum Gasteiger partial charge on any atom is -0.495 e. The molecule has 0 unspecified atom stereocenters. The molecule has 196 valence electrons. The Labute approximate surface area is 230 Å². The molecule has 9 heteroatoms. The number of nitrogens with zero attached hydrogens (tertiary/aromatic N) is 3. The van der Waals surface area contributed by atoms with Crippen LogP contribution in [0.1, 0.15) is 29.5 Å². The quantitative estimate of drug-likeness (QED) is 0.280. The Morgan fingerprint density at radius 1 is 1.21 bits per heavy atom. The number of hydrogen-bond donors (Lipinski definition) is 1. The normalized spacial score (nSPS) is 13.9. The van der Waals surface area contributed by atoms with Gasteiger partial charge in [0.05, 0.1) is 29.9 Å². The number of nitrogens with one attached hydrogen (secondary N) is 1. The van der Waals surface area contributed by atoms with Gasteiger partial charge in [-0.25, -0.2) is 14.2 Å². The maximum absolute atomic E-state index is 14.3. The molecule has 0 amide bonds. The van der Waals surface area contributed by atoms with Gasteiger partial charge in [-0.2, -0.15) is 5.26 Å². The predicted molar refractivity (Wildman–Crippen MR) is 148 cm³/mol. The van der Waals surface area contributed by atoms with E-state index in [1.807, 2.05) is 36.4 Å². The molecule has 1 saturated heterocycles. The van der Waals surface area contributed by atoms with E-state index in [0.29, 0.717) is 27.5 Å². The number of aromatic nitrogens is 1. The first kappa shape index (κ1) is 27.3. The molecule has 1 fully saturated rings. The van der Waals surface area contributed by atoms with E-state index in [1.54, 1.807) is 19.3 Å². The van der Waals surface area contributed by atoms with E-state index in [1.165, 1.54) is 30.9 Å². The maximum atomic E-state index is 14.3. The van der Waals surface area contributed by atoms with Gasteiger partial charge < -0.3 is 19.7 Å². The summed E-state index contributed by atoms with van der Waals surface area (Å²) in [7, 11) is 2.94. The number of esters is 1. The summed E-state index contributed by atoms with van der Waals surface area (Å²) < 4.78 is 25.1. The largest absolute Gasteiger partial charge is 0.495 e. The second-order valence-corrected chi connectivity index (χ2v) is 9.69. The Bertz CT molecular complexity index is 1360. The number of piperidine rings is 1. The van der Waals surface area contributed by atoms with E-state index in [4.69, 9.17) is 15.0 Å². The van der Waals surface area contributed by atoms with Crippen molar-refractivity contribution in [1.29, 1.82) is 5.26 Å². The molecule has 4 rings (SSSR count). The highest BCUT2D eigenvalue weighted by Gasteiger charge is 2.23. The average Bonchev–Trinajstić information content (AvgIpc) is 2.95. The van der Waals surface area contributed by atoms with Gasteiger partial charge in [0.25, 0.3) is 0 Å². The van der Waals surface area contributed by atoms with Crippen LogP contribution >= 0.6 is 15.9 Å². The molecule has 1 aromatic heterocycles. The third-order valence-electron chi connectivity index (χ3n) is 6.50. The lowest BCUT2D eigenvalue weighted by Gasteiger charge is -2.34. The van der Waals surface area contributed by atoms with Crippen molar-refractivity contribution in [2.75, 3.05) is 32.2 Å². The lowest BCUT2D eigenvalue weighted by Crippen LogP contribution is -2.42. The number of methoxy groups -OCH3 is 2. The second kappa shape index (κ2) is 12.7. The number of carbonyl (C=O) groups excluding carboxylic acids is 1. The molecule has 0 spiro atoms. The maximum Gasteiger partial charge on any atom is 0.330 e. The molecule has 0 radical (unpaired) electrons. The van der Waals surface area contributed by atoms with Crippen LogP contribution in [0.3, 0.4) is 0 Å². The van der Waals surface area contributed by atoms with Crippen LogP contribution in [-0.4, -0.2) is 44.3 Å². The van der Waals surface area contributed by atoms with E-state index >= 15 is 0 Å². The Balaban J connectivity index is 1.38. The second-order valence-electron chi connectivity index (χ2n) is 8.89. The monoisotopic (exact) mass is 578 g/mol. The fraction of sp³-hybridized carbons (Fsp3) is 0.276. The summed E-state index contributed by atoms with van der Waals surface area (Å²) in [6.45, 7) is 2.38. The SMILES string of the molecule is COC(=O)/C=C/c1ccc(CNC2CCN(c3cc(OC)c(Br)c(-c4ccc(C#N)c(F)c4)n3)CC2)cc1. The van der Waals surface area contributed by atoms with E-state index in [0.717, 1.165) is 43.9 Å². The number of pyridine rings is 1. The fourth-order valence-electron chi connectivity index (χ4n) is 4.30. The van der Waals surface area contributed by atoms with Crippen LogP contribution in [0.15, 0.2) is 59.1 Å². The number of carbonyl (C=O) groups is 1. The molecule has 0 atom stereocenters. The number of halogens is 2. The van der Waals surface area contributed by atoms with Crippen LogP contribution in [0.4, 0.5) is 10.2 Å². The molecule has 3 aromatic rings. The molecule has 0 bridgehead atoms. The summed E-state index contributed by atoms with van der Waals surface area (Å²) >= 11 is 3.54. The van der Waals surface area contributed by atoms with Crippen molar-refractivity contribution in [3.63, 3.8) is 0 Å². The smallest absolute Gasteiger partial charge is 0.330 e. The summed E-state index contributed by atoms with van der Waals surface area (Å²) in [4.78, 5) is 18.3. The Morgan fingerprint density at radius 3 is 2.58 bits per heavy atom. The Hall–Kier alpha value is -3.74. The first-order valence-electron chi connectivity index (χ1n) is 12.2. The van der Waals surface area contributed by atoms with Crippen molar-refractivity contribution in [3.05, 3.63) is 81.6 Å². The predicted octanol–water partition coefficient (Wildman–Crippen LogP) is 5.48. The first-order chi connectivity index (χ1) is 18.4. The van der Waals surface area contributed by atoms with Crippen molar-refractivity contribution < 1.29 is 18.7 Å². The zero-order valence-electron chi connectivity index (χ0n) is 21.2. The van der Waals surface area contributed by atoms with E-state index in [2.05, 4.69) is 30.9 Å². The molecule has 1 aliphatic rings. The topological polar surface area (TPSA) is 87.5 Å². The van der Waals surface area contributed by atoms with Gasteiger partial charge in [-0.15, -0.1) is 0 Å². The first-order valence-corrected chi connectivity index (χ1v) is 13.0. The highest BCUT2D eigenvalue weighted by Crippen LogP contribution is 2.38. The van der Waals surface area contributed by atoms with Crippen molar-refractivity contribution in [2.24, 2.45) is 0 Å². The molecule has 1 N–H and O–H groups in total. The standard InChI is InChI=1S/C29H28BrFN4O3/c1-37-25-16-26(34-29(28(25)30)21-8-9-22(17-32)24(31)15-21)35-13-11-23(12-14-35)33-18-20-5-3-19(4-6-20)7-10-27(36)38-2/h3-10,15-16,23,33H,11-14,18H2,1-2H3/b10-7+. The molecule has 1 aliphatic heterocycles. The zero-order chi connectivity index (χ0) is 27.1. The number of nitriles is 1. The van der Waals surface area contributed by atoms with Gasteiger partial charge >= 0.3 is 5.97 Å². The van der Waals surface area contributed by atoms with E-state index in [9.17, 15) is 9.18 Å². The Morgan fingerprint density at radius 2 is 1.95 bits per heavy atom. The number of anilines is 1. The molecule has 2 heterocycles. The molecule has 2 aromatic carbocycles. The van der Waals surface area contributed by atoms with Crippen molar-refractivity contribution in [2.45, 2.75) is 25.4 Å². The number of hydrogen-bond acceptors (Lipinski definition) is 7. The summed E-state index contributed by atoms with van der Waals surface area (Å²) in [5.41, 5.74) is 3.23. The highest BCUT2D eigenvalue weighted by molar-refractivity contribution is 9.10. The molecular weight excluding hydrogens is 551 g/mol. The molecule has 38 heavy (non-hydrogen) atoms. The van der Waals surface area contributed by atoms with Crippen LogP contribution in [0.5, 0.6) is 5.75 Å². The highest BCUT2D eigenvalue weighted by atomic mass is 79.9. The number of ether oxygens (including phenoxy) is 2. The third kappa shape index (κ3) is 6.57. The van der Waals surface area contributed by atoms with Crippen molar-refractivity contribution >= 4 is 33.8 Å². The van der Waals surface area contributed by atoms with Crippen molar-refractivity contribution in [1.82, 2.24) is 10.3 Å². The van der Waals surface area contributed by atoms with Crippen LogP contribution in [-0.2, 0) is 16.1 Å². The van der Waals surface area contributed by atoms with Crippen LogP contribution < -0.4 is 15.0 Å². The van der Waals surface area contributed by atoms with Gasteiger partial charge in [0.2, 0.25) is 0 Å². The molecule has 0 aliphatic carbocycles. The average molecular weight is 579 g/mol. The minimum absolute atomic E-state index is 0.00564. The van der Waals surface area contributed by atoms with Crippen LogP contribution in [0, 0.1) is 17.1 Å². The molecular formula is C29H28BrFN4O3. The third-order valence-corrected chi connectivity index (χ3v) is 7.27. The summed E-state index contributed by atoms with van der Waals surface area (Å²) in [5, 5.41) is 12.7. The number of rotatable bonds is 8. The fourth-order valence-corrected chi connectivity index (χ4v) is 4.90. The van der Waals surface area contributed by atoms with Gasteiger partial charge in [-0.05, 0) is 58.1 Å². The lowest BCUT2D eigenvalue weighted by molar-refractivity contribution is -0.134.